The van der Waals surface area contributed by atoms with E-state index in [9.17, 15) is 24.3 Å². The number of carboxylic acids is 1. The molecule has 138 valence electrons. The first-order chi connectivity index (χ1) is 12.3. The molecule has 0 radical (unpaired) electrons. The number of nitrogens with zero attached hydrogens (tertiary/aromatic N) is 2. The van der Waals surface area contributed by atoms with Gasteiger partial charge in [-0.15, -0.1) is 11.8 Å². The average molecular weight is 377 g/mol. The number of anilines is 1. The van der Waals surface area contributed by atoms with E-state index in [-0.39, 0.29) is 29.2 Å². The van der Waals surface area contributed by atoms with E-state index in [4.69, 9.17) is 5.73 Å². The predicted molar refractivity (Wildman–Crippen MR) is 99.1 cm³/mol. The van der Waals surface area contributed by atoms with Crippen LogP contribution in [0, 0.1) is 0 Å². The third-order valence-electron chi connectivity index (χ3n) is 3.79. The molecule has 2 rings (SSSR count). The summed E-state index contributed by atoms with van der Waals surface area (Å²) in [6.45, 7) is 2.13. The minimum Gasteiger partial charge on any atom is -0.478 e. The van der Waals surface area contributed by atoms with Crippen LogP contribution in [0.1, 0.15) is 34.1 Å². The fourth-order valence-corrected chi connectivity index (χ4v) is 3.39. The summed E-state index contributed by atoms with van der Waals surface area (Å²) in [5.41, 5.74) is 4.41. The molecule has 0 saturated heterocycles. The highest BCUT2D eigenvalue weighted by Crippen LogP contribution is 2.24. The van der Waals surface area contributed by atoms with E-state index < -0.39 is 23.0 Å². The number of ketones is 1. The van der Waals surface area contributed by atoms with E-state index in [1.54, 1.807) is 18.2 Å². The third kappa shape index (κ3) is 3.72. The molecule has 0 fully saturated rings. The maximum Gasteiger partial charge on any atom is 0.336 e. The third-order valence-corrected chi connectivity index (χ3v) is 4.86. The van der Waals surface area contributed by atoms with E-state index >= 15 is 0 Å². The quantitative estimate of drug-likeness (QED) is 0.549. The molecule has 0 atom stereocenters. The number of rotatable bonds is 7. The number of hydrogen-bond donors (Lipinski definition) is 2. The highest BCUT2D eigenvalue weighted by Gasteiger charge is 2.22. The van der Waals surface area contributed by atoms with Crippen molar-refractivity contribution < 1.29 is 14.7 Å². The van der Waals surface area contributed by atoms with Gasteiger partial charge in [0.1, 0.15) is 11.4 Å². The highest BCUT2D eigenvalue weighted by atomic mass is 32.2. The van der Waals surface area contributed by atoms with E-state index in [1.807, 2.05) is 6.92 Å². The Hall–Kier alpha value is -2.81. The fraction of sp³-hybridized carbons (Fsp3) is 0.294. The molecule has 26 heavy (non-hydrogen) atoms. The van der Waals surface area contributed by atoms with Crippen LogP contribution in [-0.4, -0.2) is 31.7 Å². The zero-order valence-electron chi connectivity index (χ0n) is 14.4. The fourth-order valence-electron chi connectivity index (χ4n) is 2.47. The van der Waals surface area contributed by atoms with Crippen LogP contribution in [-0.2, 0) is 13.6 Å². The van der Waals surface area contributed by atoms with Gasteiger partial charge in [-0.2, -0.15) is 0 Å². The maximum atomic E-state index is 12.6. The number of Topliss-reactive ketones (excluding diaryl/α,β-unsaturated/α-hetero) is 1. The molecule has 2 aromatic rings. The van der Waals surface area contributed by atoms with Gasteiger partial charge in [-0.25, -0.2) is 9.59 Å². The van der Waals surface area contributed by atoms with Gasteiger partial charge in [-0.3, -0.25) is 18.7 Å². The van der Waals surface area contributed by atoms with Gasteiger partial charge in [0.15, 0.2) is 5.78 Å². The van der Waals surface area contributed by atoms with Crippen LogP contribution in [0.15, 0.2) is 38.8 Å². The van der Waals surface area contributed by atoms with E-state index in [1.165, 1.54) is 17.7 Å². The minimum atomic E-state index is -1.10. The largest absolute Gasteiger partial charge is 0.478 e. The second-order valence-electron chi connectivity index (χ2n) is 5.57. The van der Waals surface area contributed by atoms with Gasteiger partial charge in [0.25, 0.3) is 5.56 Å². The molecule has 1 aromatic heterocycles. The van der Waals surface area contributed by atoms with Crippen LogP contribution in [0.5, 0.6) is 0 Å². The number of hydrogen-bond acceptors (Lipinski definition) is 6. The summed E-state index contributed by atoms with van der Waals surface area (Å²) in [5.74, 6) is -1.99. The molecule has 0 bridgehead atoms. The van der Waals surface area contributed by atoms with Gasteiger partial charge in [0.05, 0.1) is 11.3 Å². The van der Waals surface area contributed by atoms with Crippen molar-refractivity contribution >= 4 is 29.3 Å². The molecular formula is C17H19N3O5S. The Bertz CT molecular complexity index is 977. The summed E-state index contributed by atoms with van der Waals surface area (Å²) >= 11 is 1.00. The molecule has 1 heterocycles. The lowest BCUT2D eigenvalue weighted by atomic mass is 10.2. The van der Waals surface area contributed by atoms with Gasteiger partial charge in [-0.05, 0) is 18.6 Å². The normalized spacial score (nSPS) is 10.7. The Balaban J connectivity index is 2.38. The SMILES string of the molecule is CCCn1c(N)c(C(=O)CSc2ccccc2C(=O)O)c(=O)n(C)c1=O. The molecule has 8 nitrogen and oxygen atoms in total. The standard InChI is InChI=1S/C17H19N3O5S/c1-3-8-20-14(18)13(15(22)19(2)17(20)25)11(21)9-26-12-7-5-4-6-10(12)16(23)24/h4-7H,3,8-9,18H2,1-2H3,(H,23,24). The van der Waals surface area contributed by atoms with Crippen LogP contribution >= 0.6 is 11.8 Å². The minimum absolute atomic E-state index is 0.0714. The topological polar surface area (TPSA) is 124 Å². The average Bonchev–Trinajstić information content (AvgIpc) is 2.62. The lowest BCUT2D eigenvalue weighted by Crippen LogP contribution is -2.42. The molecule has 0 unspecified atom stereocenters. The van der Waals surface area contributed by atoms with Gasteiger partial charge in [0, 0.05) is 18.5 Å². The molecular weight excluding hydrogens is 358 g/mol. The van der Waals surface area contributed by atoms with Gasteiger partial charge in [0.2, 0.25) is 0 Å². The Morgan fingerprint density at radius 3 is 2.50 bits per heavy atom. The lowest BCUT2D eigenvalue weighted by Gasteiger charge is -2.14. The molecule has 0 amide bonds. The second-order valence-corrected chi connectivity index (χ2v) is 6.59. The Labute approximate surface area is 153 Å². The van der Waals surface area contributed by atoms with E-state index in [0.29, 0.717) is 11.3 Å². The summed E-state index contributed by atoms with van der Waals surface area (Å²) in [4.78, 5) is 48.7. The first kappa shape index (κ1) is 19.5. The first-order valence-electron chi connectivity index (χ1n) is 7.87. The molecule has 0 spiro atoms. The Morgan fingerprint density at radius 2 is 1.88 bits per heavy atom. The zero-order valence-corrected chi connectivity index (χ0v) is 15.2. The first-order valence-corrected chi connectivity index (χ1v) is 8.85. The Morgan fingerprint density at radius 1 is 1.23 bits per heavy atom. The van der Waals surface area contributed by atoms with Crippen molar-refractivity contribution in [3.63, 3.8) is 0 Å². The van der Waals surface area contributed by atoms with Gasteiger partial charge in [-0.1, -0.05) is 19.1 Å². The number of aromatic carboxylic acids is 1. The summed E-state index contributed by atoms with van der Waals surface area (Å²) in [7, 11) is 1.29. The number of carbonyl (C=O) groups excluding carboxylic acids is 1. The molecule has 9 heteroatoms. The number of nitrogen functional groups attached to an aromatic ring is 1. The highest BCUT2D eigenvalue weighted by molar-refractivity contribution is 8.00. The van der Waals surface area contributed by atoms with Crippen molar-refractivity contribution in [2.75, 3.05) is 11.5 Å². The van der Waals surface area contributed by atoms with Crippen LogP contribution in [0.25, 0.3) is 0 Å². The molecule has 0 aliphatic rings. The van der Waals surface area contributed by atoms with Gasteiger partial charge >= 0.3 is 11.7 Å². The predicted octanol–water partition coefficient (Wildman–Crippen LogP) is 1.21. The van der Waals surface area contributed by atoms with Crippen molar-refractivity contribution in [2.24, 2.45) is 7.05 Å². The number of benzene rings is 1. The molecule has 1 aromatic carbocycles. The number of carboxylic acid groups (broad SMARTS) is 1. The van der Waals surface area contributed by atoms with Crippen molar-refractivity contribution in [1.82, 2.24) is 9.13 Å². The van der Waals surface area contributed by atoms with E-state index in [2.05, 4.69) is 0 Å². The van der Waals surface area contributed by atoms with Crippen LogP contribution in [0.4, 0.5) is 5.82 Å². The van der Waals surface area contributed by atoms with E-state index in [0.717, 1.165) is 16.3 Å². The molecule has 0 aliphatic heterocycles. The summed E-state index contributed by atoms with van der Waals surface area (Å²) < 4.78 is 2.06. The molecule has 3 N–H and O–H groups in total. The number of nitrogens with two attached hydrogens (primary N) is 1. The van der Waals surface area contributed by atoms with Crippen molar-refractivity contribution in [2.45, 2.75) is 24.8 Å². The van der Waals surface area contributed by atoms with Crippen molar-refractivity contribution in [3.8, 4) is 0 Å². The Kier molecular flexibility index (Phi) is 6.04. The monoisotopic (exact) mass is 377 g/mol. The van der Waals surface area contributed by atoms with Crippen molar-refractivity contribution in [3.05, 3.63) is 56.2 Å². The van der Waals surface area contributed by atoms with Crippen LogP contribution in [0.2, 0.25) is 0 Å². The lowest BCUT2D eigenvalue weighted by molar-refractivity contribution is 0.0692. The smallest absolute Gasteiger partial charge is 0.336 e. The number of carbonyl (C=O) groups is 2. The van der Waals surface area contributed by atoms with Crippen LogP contribution in [0.3, 0.4) is 0 Å². The second kappa shape index (κ2) is 8.05. The van der Waals surface area contributed by atoms with Crippen LogP contribution < -0.4 is 17.0 Å². The maximum absolute atomic E-state index is 12.6. The summed E-state index contributed by atoms with van der Waals surface area (Å²) in [5, 5.41) is 9.19. The zero-order chi connectivity index (χ0) is 19.4. The van der Waals surface area contributed by atoms with Gasteiger partial charge < -0.3 is 10.8 Å². The van der Waals surface area contributed by atoms with Crippen molar-refractivity contribution in [1.29, 1.82) is 0 Å². The summed E-state index contributed by atoms with van der Waals surface area (Å²) in [6, 6.07) is 6.27. The number of aromatic nitrogens is 2. The molecule has 0 saturated carbocycles. The molecule has 0 aliphatic carbocycles. The summed E-state index contributed by atoms with van der Waals surface area (Å²) in [6.07, 6.45) is 0.608. The number of thioether (sulfide) groups is 1.